The minimum absolute atomic E-state index is 0.0183. The van der Waals surface area contributed by atoms with Crippen molar-refractivity contribution in [1.82, 2.24) is 10.2 Å². The maximum Gasteiger partial charge on any atom is 0.426 e. The van der Waals surface area contributed by atoms with Crippen LogP contribution in [0.5, 0.6) is 0 Å². The topological polar surface area (TPSA) is 128 Å². The largest absolute Gasteiger partial charge is 0.452 e. The number of ether oxygens (including phenoxy) is 2. The predicted octanol–water partition coefficient (Wildman–Crippen LogP) is 0.514. The second kappa shape index (κ2) is 7.81. The Balaban J connectivity index is 2.51. The van der Waals surface area contributed by atoms with E-state index in [-0.39, 0.29) is 11.8 Å². The molecule has 0 aromatic carbocycles. The molecule has 2 amide bonds. The van der Waals surface area contributed by atoms with E-state index in [1.54, 1.807) is 34.9 Å². The highest BCUT2D eigenvalue weighted by molar-refractivity contribution is 6.31. The first kappa shape index (κ1) is 20.9. The van der Waals surface area contributed by atoms with E-state index in [2.05, 4.69) is 10.1 Å². The van der Waals surface area contributed by atoms with Gasteiger partial charge in [0, 0.05) is 20.0 Å². The van der Waals surface area contributed by atoms with Crippen LogP contribution < -0.4 is 11.1 Å². The number of nitrogens with two attached hydrogens (primary N) is 1. The van der Waals surface area contributed by atoms with E-state index < -0.39 is 29.3 Å². The Bertz CT molecular complexity index is 545. The van der Waals surface area contributed by atoms with E-state index in [0.29, 0.717) is 25.7 Å². The van der Waals surface area contributed by atoms with Crippen LogP contribution in [0.3, 0.4) is 0 Å². The zero-order valence-electron chi connectivity index (χ0n) is 15.4. The van der Waals surface area contributed by atoms with Crippen LogP contribution in [0.25, 0.3) is 0 Å². The lowest BCUT2D eigenvalue weighted by molar-refractivity contribution is -0.171. The lowest BCUT2D eigenvalue weighted by Gasteiger charge is -2.37. The van der Waals surface area contributed by atoms with Gasteiger partial charge in [-0.2, -0.15) is 0 Å². The van der Waals surface area contributed by atoms with Crippen LogP contribution >= 0.6 is 0 Å². The quantitative estimate of drug-likeness (QED) is 0.319. The first-order valence-electron chi connectivity index (χ1n) is 8.10. The van der Waals surface area contributed by atoms with Gasteiger partial charge in [0.2, 0.25) is 5.91 Å². The third-order valence-corrected chi connectivity index (χ3v) is 3.77. The van der Waals surface area contributed by atoms with Gasteiger partial charge in [0.05, 0.1) is 5.66 Å². The number of nitrogens with one attached hydrogen (secondary N) is 1. The number of carbonyl (C=O) groups excluding carboxylic acids is 4. The van der Waals surface area contributed by atoms with Gasteiger partial charge in [-0.25, -0.2) is 14.4 Å². The number of carbonyl (C=O) groups is 4. The van der Waals surface area contributed by atoms with Crippen LogP contribution in [0, 0.1) is 5.92 Å². The molecule has 9 nitrogen and oxygen atoms in total. The molecule has 0 unspecified atom stereocenters. The summed E-state index contributed by atoms with van der Waals surface area (Å²) in [7, 11) is 3.37. The van der Waals surface area contributed by atoms with Gasteiger partial charge in [0.1, 0.15) is 5.60 Å². The molecule has 0 atom stereocenters. The van der Waals surface area contributed by atoms with Gasteiger partial charge >= 0.3 is 18.0 Å². The van der Waals surface area contributed by atoms with E-state index in [1.807, 2.05) is 0 Å². The van der Waals surface area contributed by atoms with Crippen molar-refractivity contribution >= 4 is 23.9 Å². The molecule has 0 aromatic heterocycles. The summed E-state index contributed by atoms with van der Waals surface area (Å²) in [6.45, 7) is 4.75. The van der Waals surface area contributed by atoms with E-state index in [4.69, 9.17) is 10.5 Å². The Morgan fingerprint density at radius 1 is 1.08 bits per heavy atom. The van der Waals surface area contributed by atoms with Crippen molar-refractivity contribution < 1.29 is 28.7 Å². The molecule has 1 saturated carbocycles. The van der Waals surface area contributed by atoms with E-state index in [9.17, 15) is 19.2 Å². The average molecular weight is 357 g/mol. The summed E-state index contributed by atoms with van der Waals surface area (Å²) in [6.07, 6.45) is 0.609. The summed E-state index contributed by atoms with van der Waals surface area (Å²) in [4.78, 5) is 48.3. The summed E-state index contributed by atoms with van der Waals surface area (Å²) in [5, 5.41) is 2.40. The molecule has 25 heavy (non-hydrogen) atoms. The average Bonchev–Trinajstić information content (AvgIpc) is 2.44. The fraction of sp³-hybridized carbons (Fsp3) is 0.750. The zero-order chi connectivity index (χ0) is 19.4. The third kappa shape index (κ3) is 6.69. The normalized spacial score (nSPS) is 23.4. The van der Waals surface area contributed by atoms with E-state index in [1.165, 1.54) is 4.90 Å². The monoisotopic (exact) mass is 357 g/mol. The molecule has 1 aliphatic rings. The maximum atomic E-state index is 11.9. The second-order valence-electron chi connectivity index (χ2n) is 7.47. The standard InChI is InChI=1S/C16H27N3O6/c1-15(2,3)25-13(22)12(21)24-14(23)18-16(17)8-6-10(7-9-16)11(20)19(4)5/h10H,6-9,17H2,1-5H3,(H,18,23). The van der Waals surface area contributed by atoms with Crippen molar-refractivity contribution in [2.75, 3.05) is 14.1 Å². The Labute approximate surface area is 147 Å². The van der Waals surface area contributed by atoms with Crippen molar-refractivity contribution in [3.8, 4) is 0 Å². The second-order valence-corrected chi connectivity index (χ2v) is 7.47. The van der Waals surface area contributed by atoms with Gasteiger partial charge in [-0.1, -0.05) is 0 Å². The summed E-state index contributed by atoms with van der Waals surface area (Å²) < 4.78 is 9.23. The van der Waals surface area contributed by atoms with Gasteiger partial charge in [-0.15, -0.1) is 0 Å². The van der Waals surface area contributed by atoms with Gasteiger partial charge in [-0.3, -0.25) is 4.79 Å². The summed E-state index contributed by atoms with van der Waals surface area (Å²) in [5.41, 5.74) is 4.12. The Hall–Kier alpha value is -2.16. The first-order chi connectivity index (χ1) is 11.3. The molecule has 0 radical (unpaired) electrons. The highest BCUT2D eigenvalue weighted by Gasteiger charge is 2.37. The van der Waals surface area contributed by atoms with Gasteiger partial charge < -0.3 is 25.4 Å². The minimum Gasteiger partial charge on any atom is -0.452 e. The van der Waals surface area contributed by atoms with Crippen LogP contribution in [0.1, 0.15) is 46.5 Å². The number of hydrogen-bond acceptors (Lipinski definition) is 7. The molecule has 0 aromatic rings. The number of amides is 2. The smallest absolute Gasteiger partial charge is 0.426 e. The molecule has 1 aliphatic carbocycles. The fourth-order valence-corrected chi connectivity index (χ4v) is 2.54. The van der Waals surface area contributed by atoms with Gasteiger partial charge in [-0.05, 0) is 46.5 Å². The van der Waals surface area contributed by atoms with Crippen LogP contribution in [0.4, 0.5) is 4.79 Å². The molecule has 0 bridgehead atoms. The lowest BCUT2D eigenvalue weighted by Crippen LogP contribution is -2.58. The number of nitrogens with zero attached hydrogens (tertiary/aromatic N) is 1. The number of rotatable bonds is 2. The minimum atomic E-state index is -1.41. The number of hydrogen-bond donors (Lipinski definition) is 2. The van der Waals surface area contributed by atoms with Crippen LogP contribution in [0.2, 0.25) is 0 Å². The van der Waals surface area contributed by atoms with Crippen LogP contribution in [-0.4, -0.2) is 54.2 Å². The first-order valence-corrected chi connectivity index (χ1v) is 8.10. The molecule has 9 heteroatoms. The van der Waals surface area contributed by atoms with Crippen LogP contribution in [0.15, 0.2) is 0 Å². The maximum absolute atomic E-state index is 11.9. The van der Waals surface area contributed by atoms with Crippen molar-refractivity contribution in [2.45, 2.75) is 57.7 Å². The molecule has 0 saturated heterocycles. The molecular formula is C16H27N3O6. The summed E-state index contributed by atoms with van der Waals surface area (Å²) in [5.74, 6) is -2.79. The number of esters is 2. The molecule has 0 spiro atoms. The molecule has 3 N–H and O–H groups in total. The molecular weight excluding hydrogens is 330 g/mol. The highest BCUT2D eigenvalue weighted by atomic mass is 16.6. The molecule has 142 valence electrons. The van der Waals surface area contributed by atoms with E-state index in [0.717, 1.165) is 0 Å². The van der Waals surface area contributed by atoms with Gasteiger partial charge in [0.15, 0.2) is 0 Å². The van der Waals surface area contributed by atoms with Gasteiger partial charge in [0.25, 0.3) is 0 Å². The Morgan fingerprint density at radius 3 is 2.04 bits per heavy atom. The highest BCUT2D eigenvalue weighted by Crippen LogP contribution is 2.29. The fourth-order valence-electron chi connectivity index (χ4n) is 2.54. The van der Waals surface area contributed by atoms with Crippen LogP contribution in [-0.2, 0) is 23.9 Å². The molecule has 0 heterocycles. The molecule has 0 aliphatic heterocycles. The predicted molar refractivity (Wildman–Crippen MR) is 88.0 cm³/mol. The SMILES string of the molecule is CN(C)C(=O)C1CCC(N)(NC(=O)OC(=O)C(=O)OC(C)(C)C)CC1. The van der Waals surface area contributed by atoms with Crippen molar-refractivity contribution in [3.05, 3.63) is 0 Å². The van der Waals surface area contributed by atoms with Crippen molar-refractivity contribution in [2.24, 2.45) is 11.7 Å². The lowest BCUT2D eigenvalue weighted by atomic mass is 9.81. The molecule has 1 fully saturated rings. The summed E-state index contributed by atoms with van der Waals surface area (Å²) >= 11 is 0. The summed E-state index contributed by atoms with van der Waals surface area (Å²) in [6, 6.07) is 0. The number of alkyl carbamates (subject to hydrolysis) is 1. The van der Waals surface area contributed by atoms with Crippen molar-refractivity contribution in [1.29, 1.82) is 0 Å². The zero-order valence-corrected chi connectivity index (χ0v) is 15.4. The van der Waals surface area contributed by atoms with E-state index >= 15 is 0 Å². The Kier molecular flexibility index (Phi) is 6.53. The third-order valence-electron chi connectivity index (χ3n) is 3.77. The Morgan fingerprint density at radius 2 is 1.60 bits per heavy atom. The molecule has 1 rings (SSSR count). The van der Waals surface area contributed by atoms with Crippen molar-refractivity contribution in [3.63, 3.8) is 0 Å².